The molecule has 0 radical (unpaired) electrons. The Hall–Kier alpha value is -8.30. The first kappa shape index (κ1) is 66.5. The number of phenols is 2. The number of amides is 10. The molecule has 6 N–H and O–H groups in total. The standard InChI is InChI=1S/C62H86N10O12/c1-35(2)27-47-57(79)63-31-45(65-55(77)43-25-23-39-19-15-17-21-41(39)53(43)75)59(81)71(13)50(30-38(7)8)62(84)68(10)34-52(74)70(12)48(28-36(3)4)58(80)64-32-46(66-56(78)44-26-24-40-20-16-18-22-42(40)54(44)76)60(82)72(14)49(29-37(5)6)61(83)67(9)33-51(73)69(47)11/h15-26,35-38,45-50,75-76H,27-34H2,1-14H3,(H,63,79)(H,64,80)(H,65,77)(H,66,78)/t45-,46-,47-,48-,49-,50-/m0/s1. The van der Waals surface area contributed by atoms with Crippen molar-refractivity contribution < 1.29 is 58.2 Å². The molecule has 456 valence electrons. The minimum atomic E-state index is -1.58. The fraction of sp³-hybridized carbons (Fsp3) is 0.516. The highest BCUT2D eigenvalue weighted by Crippen LogP contribution is 2.30. The molecule has 10 amide bonds. The highest BCUT2D eigenvalue weighted by atomic mass is 16.3. The maximum absolute atomic E-state index is 15.0. The van der Waals surface area contributed by atoms with Crippen molar-refractivity contribution in [3.8, 4) is 11.5 Å². The van der Waals surface area contributed by atoms with E-state index in [9.17, 15) is 58.2 Å². The Morgan fingerprint density at radius 1 is 0.452 bits per heavy atom. The Morgan fingerprint density at radius 2 is 0.762 bits per heavy atom. The molecule has 0 bridgehead atoms. The quantitative estimate of drug-likeness (QED) is 0.118. The van der Waals surface area contributed by atoms with Crippen LogP contribution in [0.25, 0.3) is 21.5 Å². The van der Waals surface area contributed by atoms with Gasteiger partial charge >= 0.3 is 0 Å². The van der Waals surface area contributed by atoms with Crippen molar-refractivity contribution in [2.24, 2.45) is 23.7 Å². The van der Waals surface area contributed by atoms with E-state index in [1.54, 1.807) is 60.7 Å². The van der Waals surface area contributed by atoms with E-state index in [0.717, 1.165) is 19.6 Å². The number of rotatable bonds is 12. The molecule has 0 aliphatic carbocycles. The summed E-state index contributed by atoms with van der Waals surface area (Å²) in [6.45, 7) is 12.4. The van der Waals surface area contributed by atoms with Crippen molar-refractivity contribution in [1.29, 1.82) is 0 Å². The summed E-state index contributed by atoms with van der Waals surface area (Å²) in [5.74, 6) is -8.96. The van der Waals surface area contributed by atoms with Crippen LogP contribution in [0.5, 0.6) is 11.5 Å². The second-order valence-corrected chi connectivity index (χ2v) is 23.8. The van der Waals surface area contributed by atoms with Gasteiger partial charge in [0.1, 0.15) is 47.8 Å². The third kappa shape index (κ3) is 16.5. The normalized spacial score (nSPS) is 21.4. The zero-order chi connectivity index (χ0) is 62.6. The van der Waals surface area contributed by atoms with Gasteiger partial charge in [-0.3, -0.25) is 47.9 Å². The number of hydrogen-bond donors (Lipinski definition) is 6. The average Bonchev–Trinajstić information content (AvgIpc) is 3.56. The van der Waals surface area contributed by atoms with Gasteiger partial charge in [0, 0.05) is 66.1 Å². The van der Waals surface area contributed by atoms with E-state index in [2.05, 4.69) is 21.3 Å². The topological polar surface area (TPSA) is 279 Å². The molecule has 6 atom stereocenters. The summed E-state index contributed by atoms with van der Waals surface area (Å²) in [7, 11) is 8.26. The number of hydrogen-bond acceptors (Lipinski definition) is 12. The molecule has 0 spiro atoms. The molecule has 1 aliphatic rings. The molecule has 1 saturated heterocycles. The van der Waals surface area contributed by atoms with Gasteiger partial charge in [-0.05, 0) is 72.3 Å². The lowest BCUT2D eigenvalue weighted by Crippen LogP contribution is -2.60. The summed E-state index contributed by atoms with van der Waals surface area (Å²) in [4.78, 5) is 152. The lowest BCUT2D eigenvalue weighted by molar-refractivity contribution is -0.149. The highest BCUT2D eigenvalue weighted by molar-refractivity contribution is 6.07. The van der Waals surface area contributed by atoms with Crippen molar-refractivity contribution in [2.75, 3.05) is 68.5 Å². The van der Waals surface area contributed by atoms with Gasteiger partial charge in [0.05, 0.1) is 24.2 Å². The Balaban J connectivity index is 1.60. The molecular weight excluding hydrogens is 1080 g/mol. The fourth-order valence-electron chi connectivity index (χ4n) is 10.3. The fourth-order valence-corrected chi connectivity index (χ4v) is 10.3. The number of fused-ring (bicyclic) bond motifs is 2. The van der Waals surface area contributed by atoms with Gasteiger partial charge in [-0.15, -0.1) is 0 Å². The molecule has 1 fully saturated rings. The average molecular weight is 1160 g/mol. The largest absolute Gasteiger partial charge is 0.506 e. The molecule has 5 rings (SSSR count). The number of phenolic OH excluding ortho intramolecular Hbond substituents is 2. The zero-order valence-corrected chi connectivity index (χ0v) is 51.0. The maximum atomic E-state index is 15.0. The van der Waals surface area contributed by atoms with Gasteiger partial charge in [-0.25, -0.2) is 0 Å². The molecule has 1 heterocycles. The molecule has 22 nitrogen and oxygen atoms in total. The van der Waals surface area contributed by atoms with E-state index in [1.165, 1.54) is 64.2 Å². The van der Waals surface area contributed by atoms with E-state index < -0.39 is 122 Å². The van der Waals surface area contributed by atoms with Crippen LogP contribution in [-0.4, -0.2) is 203 Å². The number of nitrogens with zero attached hydrogens (tertiary/aromatic N) is 6. The monoisotopic (exact) mass is 1160 g/mol. The van der Waals surface area contributed by atoms with E-state index in [-0.39, 0.29) is 72.0 Å². The van der Waals surface area contributed by atoms with Gasteiger partial charge in [0.15, 0.2) is 0 Å². The number of carbonyl (C=O) groups excluding carboxylic acids is 10. The Kier molecular flexibility index (Phi) is 23.2. The van der Waals surface area contributed by atoms with Gasteiger partial charge in [0.25, 0.3) is 11.8 Å². The van der Waals surface area contributed by atoms with Crippen LogP contribution >= 0.6 is 0 Å². The van der Waals surface area contributed by atoms with E-state index in [4.69, 9.17) is 0 Å². The number of nitrogens with one attached hydrogen (secondary N) is 4. The lowest BCUT2D eigenvalue weighted by atomic mass is 9.99. The highest BCUT2D eigenvalue weighted by Gasteiger charge is 2.40. The molecule has 4 aromatic rings. The smallest absolute Gasteiger partial charge is 0.255 e. The van der Waals surface area contributed by atoms with Crippen LogP contribution in [-0.2, 0) is 38.4 Å². The maximum Gasteiger partial charge on any atom is 0.255 e. The SMILES string of the molecule is CC(C)C[C@H]1C(=O)NC[C@H](NC(=O)c2ccc3ccccc3c2O)C(=O)N(C)[C@@H](CC(C)C)C(=O)N(C)CC(=O)N(C)[C@@H](CC(C)C)C(=O)NC[C@H](NC(=O)c2ccc3ccccc3c2O)C(=O)N(C)[C@@H](CC(C)C)C(=O)N(C)CC(=O)N1C. The zero-order valence-electron chi connectivity index (χ0n) is 51.0. The van der Waals surface area contributed by atoms with Gasteiger partial charge in [0.2, 0.25) is 47.3 Å². The predicted octanol–water partition coefficient (Wildman–Crippen LogP) is 3.96. The van der Waals surface area contributed by atoms with Crippen molar-refractivity contribution in [3.63, 3.8) is 0 Å². The van der Waals surface area contributed by atoms with Crippen molar-refractivity contribution in [3.05, 3.63) is 83.9 Å². The molecule has 1 aliphatic heterocycles. The minimum Gasteiger partial charge on any atom is -0.506 e. The van der Waals surface area contributed by atoms with Crippen molar-refractivity contribution in [1.82, 2.24) is 50.7 Å². The van der Waals surface area contributed by atoms with E-state index >= 15 is 0 Å². The van der Waals surface area contributed by atoms with Crippen LogP contribution in [0.4, 0.5) is 0 Å². The Bertz CT molecular complexity index is 2890. The van der Waals surface area contributed by atoms with Crippen LogP contribution in [0, 0.1) is 23.7 Å². The summed E-state index contributed by atoms with van der Waals surface area (Å²) in [5.41, 5.74) is -0.351. The summed E-state index contributed by atoms with van der Waals surface area (Å²) < 4.78 is 0. The summed E-state index contributed by atoms with van der Waals surface area (Å²) in [6, 6.07) is 11.7. The first-order chi connectivity index (χ1) is 39.4. The first-order valence-corrected chi connectivity index (χ1v) is 28.6. The molecule has 22 heteroatoms. The molecule has 0 saturated carbocycles. The van der Waals surface area contributed by atoms with E-state index in [0.29, 0.717) is 21.5 Å². The Morgan fingerprint density at radius 3 is 1.08 bits per heavy atom. The minimum absolute atomic E-state index is 0.0803. The van der Waals surface area contributed by atoms with E-state index in [1.807, 2.05) is 55.4 Å². The molecule has 4 aromatic carbocycles. The third-order valence-electron chi connectivity index (χ3n) is 15.3. The molecular formula is C62H86N10O12. The third-order valence-corrected chi connectivity index (χ3v) is 15.3. The van der Waals surface area contributed by atoms with Gasteiger partial charge in [-0.1, -0.05) is 116 Å². The summed E-state index contributed by atoms with van der Waals surface area (Å²) in [6.07, 6.45) is 0.381. The molecule has 84 heavy (non-hydrogen) atoms. The molecule has 0 unspecified atom stereocenters. The first-order valence-electron chi connectivity index (χ1n) is 28.6. The number of carbonyl (C=O) groups is 10. The van der Waals surface area contributed by atoms with Gasteiger partial charge in [-0.2, -0.15) is 0 Å². The number of aromatic hydroxyl groups is 2. The predicted molar refractivity (Wildman–Crippen MR) is 319 cm³/mol. The lowest BCUT2D eigenvalue weighted by Gasteiger charge is -2.36. The van der Waals surface area contributed by atoms with Crippen molar-refractivity contribution in [2.45, 2.75) is 117 Å². The Labute approximate surface area is 492 Å². The summed E-state index contributed by atoms with van der Waals surface area (Å²) in [5, 5.41) is 35.5. The van der Waals surface area contributed by atoms with Crippen LogP contribution in [0.15, 0.2) is 72.8 Å². The van der Waals surface area contributed by atoms with Crippen LogP contribution in [0.3, 0.4) is 0 Å². The van der Waals surface area contributed by atoms with Crippen LogP contribution < -0.4 is 21.3 Å². The summed E-state index contributed by atoms with van der Waals surface area (Å²) >= 11 is 0. The second kappa shape index (κ2) is 29.3. The molecule has 0 aromatic heterocycles. The number of likely N-dealkylation sites (N-methyl/N-ethyl adjacent to an activating group) is 6. The van der Waals surface area contributed by atoms with Gasteiger partial charge < -0.3 is 60.9 Å². The van der Waals surface area contributed by atoms with Crippen LogP contribution in [0.2, 0.25) is 0 Å². The number of benzene rings is 4. The second-order valence-electron chi connectivity index (χ2n) is 23.8. The van der Waals surface area contributed by atoms with Crippen molar-refractivity contribution >= 4 is 80.6 Å². The van der Waals surface area contributed by atoms with Crippen LogP contribution in [0.1, 0.15) is 102 Å².